The summed E-state index contributed by atoms with van der Waals surface area (Å²) in [6, 6.07) is 0. The average Bonchev–Trinajstić information content (AvgIpc) is 2.69. The van der Waals surface area contributed by atoms with Crippen molar-refractivity contribution in [3.8, 4) is 0 Å². The van der Waals surface area contributed by atoms with E-state index in [1.807, 2.05) is 0 Å². The lowest BCUT2D eigenvalue weighted by Crippen LogP contribution is -2.24. The number of nitrogens with zero attached hydrogens (tertiary/aromatic N) is 1. The van der Waals surface area contributed by atoms with Crippen LogP contribution in [-0.2, 0) is 0 Å². The lowest BCUT2D eigenvalue weighted by atomic mass is 10.2. The van der Waals surface area contributed by atoms with Crippen LogP contribution in [-0.4, -0.2) is 22.0 Å². The van der Waals surface area contributed by atoms with Gasteiger partial charge in [0.1, 0.15) is 11.3 Å². The minimum atomic E-state index is -0.0901. The zero-order valence-electron chi connectivity index (χ0n) is 9.46. The van der Waals surface area contributed by atoms with Gasteiger partial charge >= 0.3 is 0 Å². The maximum absolute atomic E-state index is 11.6. The highest BCUT2D eigenvalue weighted by Gasteiger charge is 2.11. The molecule has 0 unspecified atom stereocenters. The van der Waals surface area contributed by atoms with Gasteiger partial charge in [0.25, 0.3) is 5.91 Å². The van der Waals surface area contributed by atoms with Crippen LogP contribution in [0.15, 0.2) is 10.7 Å². The van der Waals surface area contributed by atoms with Crippen LogP contribution < -0.4 is 5.32 Å². The van der Waals surface area contributed by atoms with Gasteiger partial charge in [-0.1, -0.05) is 40.6 Å². The molecule has 0 atom stereocenters. The molecular formula is C11H17IN2O2. The summed E-state index contributed by atoms with van der Waals surface area (Å²) in [6.45, 7) is 2.47. The molecule has 4 nitrogen and oxygen atoms in total. The van der Waals surface area contributed by atoms with Gasteiger partial charge in [-0.25, -0.2) is 0 Å². The molecule has 16 heavy (non-hydrogen) atoms. The third-order valence-electron chi connectivity index (χ3n) is 2.34. The van der Waals surface area contributed by atoms with Gasteiger partial charge in [0.05, 0.1) is 6.20 Å². The van der Waals surface area contributed by atoms with Crippen molar-refractivity contribution >= 4 is 28.5 Å². The largest absolute Gasteiger partial charge is 0.361 e. The Morgan fingerprint density at radius 2 is 2.19 bits per heavy atom. The fourth-order valence-corrected chi connectivity index (χ4v) is 1.93. The number of carbonyl (C=O) groups is 1. The van der Waals surface area contributed by atoms with E-state index in [9.17, 15) is 4.79 Å². The number of halogens is 1. The number of aryl methyl sites for hydroxylation is 1. The molecule has 0 aliphatic heterocycles. The van der Waals surface area contributed by atoms with Crippen molar-refractivity contribution in [1.82, 2.24) is 10.5 Å². The summed E-state index contributed by atoms with van der Waals surface area (Å²) in [5.74, 6) is 0.482. The first kappa shape index (κ1) is 13.5. The van der Waals surface area contributed by atoms with Gasteiger partial charge in [0.15, 0.2) is 0 Å². The third-order valence-corrected chi connectivity index (χ3v) is 3.10. The van der Waals surface area contributed by atoms with Gasteiger partial charge in [-0.05, 0) is 24.2 Å². The van der Waals surface area contributed by atoms with Crippen LogP contribution in [0.5, 0.6) is 0 Å². The molecular weight excluding hydrogens is 319 g/mol. The Bertz CT molecular complexity index is 326. The van der Waals surface area contributed by atoms with E-state index >= 15 is 0 Å². The Labute approximate surface area is 109 Å². The number of rotatable bonds is 7. The van der Waals surface area contributed by atoms with Crippen molar-refractivity contribution in [2.45, 2.75) is 32.6 Å². The fourth-order valence-electron chi connectivity index (χ4n) is 1.39. The summed E-state index contributed by atoms with van der Waals surface area (Å²) in [5, 5.41) is 6.44. The molecule has 1 aromatic heterocycles. The Morgan fingerprint density at radius 3 is 2.81 bits per heavy atom. The molecule has 0 bridgehead atoms. The number of alkyl halides is 1. The van der Waals surface area contributed by atoms with Gasteiger partial charge in [-0.2, -0.15) is 0 Å². The average molecular weight is 336 g/mol. The van der Waals surface area contributed by atoms with Crippen LogP contribution in [0.25, 0.3) is 0 Å². The molecule has 0 saturated heterocycles. The number of hydrogen-bond acceptors (Lipinski definition) is 3. The minimum Gasteiger partial charge on any atom is -0.361 e. The van der Waals surface area contributed by atoms with Crippen molar-refractivity contribution in [3.05, 3.63) is 17.5 Å². The molecule has 90 valence electrons. The first-order valence-corrected chi connectivity index (χ1v) is 7.03. The Kier molecular flexibility index (Phi) is 6.44. The lowest BCUT2D eigenvalue weighted by Gasteiger charge is -2.03. The van der Waals surface area contributed by atoms with Crippen LogP contribution in [0.4, 0.5) is 0 Å². The molecule has 0 radical (unpaired) electrons. The number of unbranched alkanes of at least 4 members (excludes halogenated alkanes) is 3. The fraction of sp³-hybridized carbons (Fsp3) is 0.636. The van der Waals surface area contributed by atoms with Gasteiger partial charge in [0, 0.05) is 6.54 Å². The predicted octanol–water partition coefficient (Wildman–Crippen LogP) is 2.71. The number of amides is 1. The van der Waals surface area contributed by atoms with Crippen LogP contribution in [0.2, 0.25) is 0 Å². The number of nitrogens with one attached hydrogen (secondary N) is 1. The summed E-state index contributed by atoms with van der Waals surface area (Å²) in [5.41, 5.74) is 0.535. The van der Waals surface area contributed by atoms with E-state index in [-0.39, 0.29) is 5.91 Å². The molecule has 1 aromatic rings. The molecule has 1 N–H and O–H groups in total. The topological polar surface area (TPSA) is 55.1 Å². The zero-order valence-corrected chi connectivity index (χ0v) is 11.6. The molecule has 0 fully saturated rings. The standard InChI is InChI=1S/C11H17IN2O2/c1-9-10(8-14-16-9)11(15)13-7-5-3-2-4-6-12/h8H,2-7H2,1H3,(H,13,15). The molecule has 5 heteroatoms. The highest BCUT2D eigenvalue weighted by Crippen LogP contribution is 2.05. The second-order valence-electron chi connectivity index (χ2n) is 3.65. The van der Waals surface area contributed by atoms with Crippen molar-refractivity contribution in [2.75, 3.05) is 11.0 Å². The highest BCUT2D eigenvalue weighted by molar-refractivity contribution is 14.1. The smallest absolute Gasteiger partial charge is 0.256 e. The van der Waals surface area contributed by atoms with Gasteiger partial charge < -0.3 is 9.84 Å². The maximum Gasteiger partial charge on any atom is 0.256 e. The van der Waals surface area contributed by atoms with E-state index in [0.29, 0.717) is 11.3 Å². The predicted molar refractivity (Wildman–Crippen MR) is 70.9 cm³/mol. The summed E-state index contributed by atoms with van der Waals surface area (Å²) < 4.78 is 6.05. The second kappa shape index (κ2) is 7.65. The zero-order chi connectivity index (χ0) is 11.8. The minimum absolute atomic E-state index is 0.0901. The number of carbonyl (C=O) groups excluding carboxylic acids is 1. The Balaban J connectivity index is 2.14. The monoisotopic (exact) mass is 336 g/mol. The van der Waals surface area contributed by atoms with Crippen LogP contribution in [0, 0.1) is 6.92 Å². The van der Waals surface area contributed by atoms with Crippen LogP contribution >= 0.6 is 22.6 Å². The van der Waals surface area contributed by atoms with E-state index < -0.39 is 0 Å². The molecule has 0 aromatic carbocycles. The van der Waals surface area contributed by atoms with E-state index in [2.05, 4.69) is 33.1 Å². The molecule has 1 heterocycles. The van der Waals surface area contributed by atoms with Crippen molar-refractivity contribution in [1.29, 1.82) is 0 Å². The second-order valence-corrected chi connectivity index (χ2v) is 4.73. The molecule has 1 amide bonds. The number of hydrogen-bond donors (Lipinski definition) is 1. The number of aromatic nitrogens is 1. The normalized spacial score (nSPS) is 10.4. The Hall–Kier alpha value is -0.590. The first-order chi connectivity index (χ1) is 7.75. The molecule has 0 spiro atoms. The maximum atomic E-state index is 11.6. The third kappa shape index (κ3) is 4.51. The molecule has 1 rings (SSSR count). The SMILES string of the molecule is Cc1oncc1C(=O)NCCCCCCI. The van der Waals surface area contributed by atoms with E-state index in [0.717, 1.165) is 13.0 Å². The summed E-state index contributed by atoms with van der Waals surface area (Å²) in [4.78, 5) is 11.6. The van der Waals surface area contributed by atoms with Crippen LogP contribution in [0.1, 0.15) is 41.8 Å². The molecule has 0 aliphatic carbocycles. The molecule has 0 saturated carbocycles. The summed E-state index contributed by atoms with van der Waals surface area (Å²) in [7, 11) is 0. The Morgan fingerprint density at radius 1 is 1.44 bits per heavy atom. The van der Waals surface area contributed by atoms with Crippen LogP contribution in [0.3, 0.4) is 0 Å². The van der Waals surface area contributed by atoms with Crippen molar-refractivity contribution in [2.24, 2.45) is 0 Å². The highest BCUT2D eigenvalue weighted by atomic mass is 127. The van der Waals surface area contributed by atoms with E-state index in [1.54, 1.807) is 6.92 Å². The first-order valence-electron chi connectivity index (χ1n) is 5.51. The summed E-state index contributed by atoms with van der Waals surface area (Å²) >= 11 is 2.38. The van der Waals surface area contributed by atoms with E-state index in [4.69, 9.17) is 4.52 Å². The van der Waals surface area contributed by atoms with E-state index in [1.165, 1.54) is 29.9 Å². The van der Waals surface area contributed by atoms with Gasteiger partial charge in [-0.15, -0.1) is 0 Å². The van der Waals surface area contributed by atoms with Crippen molar-refractivity contribution in [3.63, 3.8) is 0 Å². The lowest BCUT2D eigenvalue weighted by molar-refractivity contribution is 0.0951. The van der Waals surface area contributed by atoms with Crippen molar-refractivity contribution < 1.29 is 9.32 Å². The quantitative estimate of drug-likeness (QED) is 0.473. The van der Waals surface area contributed by atoms with Gasteiger partial charge in [-0.3, -0.25) is 4.79 Å². The van der Waals surface area contributed by atoms with Gasteiger partial charge in [0.2, 0.25) is 0 Å². The molecule has 0 aliphatic rings. The summed E-state index contributed by atoms with van der Waals surface area (Å²) in [6.07, 6.45) is 6.17.